The number of hydrogen-bond acceptors (Lipinski definition) is 11. The maximum absolute atomic E-state index is 13.9. The van der Waals surface area contributed by atoms with Crippen molar-refractivity contribution in [2.45, 2.75) is 89.0 Å². The van der Waals surface area contributed by atoms with E-state index < -0.39 is 84.7 Å². The first-order chi connectivity index (χ1) is 29.3. The number of benzene rings is 2. The maximum atomic E-state index is 13.9. The number of hydrogen-bond donors (Lipinski definition) is 13. The van der Waals surface area contributed by atoms with Crippen LogP contribution in [0.1, 0.15) is 57.1 Å². The molecular weight excluding hydrogens is 807 g/mol. The molecular formula is C40H61N13O9. The molecule has 2 aromatic carbocycles. The zero-order chi connectivity index (χ0) is 46.2. The van der Waals surface area contributed by atoms with Crippen molar-refractivity contribution in [2.24, 2.45) is 44.6 Å². The molecule has 0 saturated carbocycles. The molecule has 5 unspecified atom stereocenters. The Kier molecular flexibility index (Phi) is 22.3. The summed E-state index contributed by atoms with van der Waals surface area (Å²) in [6.45, 7) is 2.79. The molecule has 18 N–H and O–H groups in total. The Morgan fingerprint density at radius 2 is 1.10 bits per heavy atom. The van der Waals surface area contributed by atoms with Crippen LogP contribution >= 0.6 is 0 Å². The van der Waals surface area contributed by atoms with Gasteiger partial charge in [0.15, 0.2) is 11.9 Å². The number of carbonyl (C=O) groups excluding carboxylic acids is 6. The van der Waals surface area contributed by atoms with Gasteiger partial charge in [-0.25, -0.2) is 4.79 Å². The molecule has 0 aromatic heterocycles. The van der Waals surface area contributed by atoms with Crippen molar-refractivity contribution in [1.82, 2.24) is 31.9 Å². The number of phenols is 1. The number of carboxylic acid groups (broad SMARTS) is 1. The van der Waals surface area contributed by atoms with Gasteiger partial charge in [0.25, 0.3) is 0 Å². The van der Waals surface area contributed by atoms with E-state index in [4.69, 9.17) is 28.7 Å². The lowest BCUT2D eigenvalue weighted by Crippen LogP contribution is -2.58. The lowest BCUT2D eigenvalue weighted by atomic mass is 10.00. The van der Waals surface area contributed by atoms with E-state index in [1.807, 2.05) is 13.8 Å². The van der Waals surface area contributed by atoms with Gasteiger partial charge < -0.3 is 70.8 Å². The first-order valence-electron chi connectivity index (χ1n) is 20.0. The summed E-state index contributed by atoms with van der Waals surface area (Å²) in [5.41, 5.74) is 28.8. The molecule has 0 radical (unpaired) electrons. The molecule has 0 aliphatic heterocycles. The molecule has 22 nitrogen and oxygen atoms in total. The number of aliphatic imine (C=N–C) groups is 2. The van der Waals surface area contributed by atoms with Crippen LogP contribution in [0.5, 0.6) is 5.75 Å². The zero-order valence-corrected chi connectivity index (χ0v) is 35.0. The normalized spacial score (nSPS) is 13.2. The highest BCUT2D eigenvalue weighted by Crippen LogP contribution is 2.12. The minimum atomic E-state index is -1.34. The van der Waals surface area contributed by atoms with E-state index in [1.54, 1.807) is 42.5 Å². The lowest BCUT2D eigenvalue weighted by Gasteiger charge is -2.27. The standard InChI is InChI=1S/C40H61N13O9/c1-23(2)18-30(36(59)51-28(10-6-16-46-39(42)43)35(58)52-29(38(61)62)11-7-17-47-40(44)45)53-37(60)31(20-24-8-4-3-5-9-24)50-33(56)22-48-32(55)21-49-34(57)27(41)19-25-12-14-26(54)15-13-25/h3-5,8-9,12-15,23,27-31,54H,6-7,10-11,16-22,41H2,1-2H3,(H,48,55)(H,49,57)(H,50,56)(H,51,59)(H,52,58)(H,53,60)(H,61,62)(H4,42,43,46)(H4,44,45,47). The predicted molar refractivity (Wildman–Crippen MR) is 231 cm³/mol. The zero-order valence-electron chi connectivity index (χ0n) is 35.0. The van der Waals surface area contributed by atoms with Crippen molar-refractivity contribution >= 4 is 53.3 Å². The molecule has 0 bridgehead atoms. The first-order valence-corrected chi connectivity index (χ1v) is 20.0. The minimum Gasteiger partial charge on any atom is -0.508 e. The molecule has 0 saturated heterocycles. The third kappa shape index (κ3) is 20.8. The van der Waals surface area contributed by atoms with Gasteiger partial charge >= 0.3 is 5.97 Å². The number of aliphatic carboxylic acids is 1. The van der Waals surface area contributed by atoms with Crippen molar-refractivity contribution in [3.63, 3.8) is 0 Å². The average Bonchev–Trinajstić information content (AvgIpc) is 3.21. The summed E-state index contributed by atoms with van der Waals surface area (Å²) < 4.78 is 0. The average molecular weight is 868 g/mol. The van der Waals surface area contributed by atoms with Crippen LogP contribution < -0.4 is 60.6 Å². The number of carbonyl (C=O) groups is 7. The number of guanidine groups is 2. The molecule has 340 valence electrons. The van der Waals surface area contributed by atoms with Crippen molar-refractivity contribution < 1.29 is 43.8 Å². The van der Waals surface area contributed by atoms with Crippen LogP contribution in [0.4, 0.5) is 0 Å². The molecule has 2 rings (SSSR count). The summed E-state index contributed by atoms with van der Waals surface area (Å²) in [4.78, 5) is 99.2. The van der Waals surface area contributed by atoms with Crippen LogP contribution in [0.15, 0.2) is 64.6 Å². The van der Waals surface area contributed by atoms with Gasteiger partial charge in [-0.1, -0.05) is 56.3 Å². The first kappa shape index (κ1) is 51.2. The van der Waals surface area contributed by atoms with Crippen molar-refractivity contribution in [3.05, 3.63) is 65.7 Å². The Hall–Kier alpha value is -6.97. The molecule has 2 aromatic rings. The molecule has 6 amide bonds. The third-order valence-corrected chi connectivity index (χ3v) is 9.01. The molecule has 0 heterocycles. The van der Waals surface area contributed by atoms with Crippen LogP contribution in [0, 0.1) is 5.92 Å². The van der Waals surface area contributed by atoms with Crippen LogP contribution in [-0.4, -0.2) is 120 Å². The molecule has 62 heavy (non-hydrogen) atoms. The molecule has 22 heteroatoms. The number of nitrogens with two attached hydrogens (primary N) is 5. The molecule has 0 aliphatic carbocycles. The Morgan fingerprint density at radius 3 is 1.66 bits per heavy atom. The van der Waals surface area contributed by atoms with E-state index >= 15 is 0 Å². The quantitative estimate of drug-likeness (QED) is 0.0241. The second-order valence-electron chi connectivity index (χ2n) is 14.8. The van der Waals surface area contributed by atoms with E-state index in [-0.39, 0.29) is 81.6 Å². The highest BCUT2D eigenvalue weighted by atomic mass is 16.4. The Bertz CT molecular complexity index is 1850. The second-order valence-corrected chi connectivity index (χ2v) is 14.8. The second kappa shape index (κ2) is 27.0. The fraction of sp³-hybridized carbons (Fsp3) is 0.475. The number of aromatic hydroxyl groups is 1. The van der Waals surface area contributed by atoms with Gasteiger partial charge in [0, 0.05) is 19.5 Å². The maximum Gasteiger partial charge on any atom is 0.326 e. The van der Waals surface area contributed by atoms with Crippen LogP contribution in [0.3, 0.4) is 0 Å². The largest absolute Gasteiger partial charge is 0.508 e. The Balaban J connectivity index is 2.17. The summed E-state index contributed by atoms with van der Waals surface area (Å²) in [7, 11) is 0. The summed E-state index contributed by atoms with van der Waals surface area (Å²) in [5, 5.41) is 34.4. The van der Waals surface area contributed by atoms with Gasteiger partial charge in [-0.05, 0) is 67.7 Å². The number of amides is 6. The predicted octanol–water partition coefficient (Wildman–Crippen LogP) is -3.09. The fourth-order valence-electron chi connectivity index (χ4n) is 5.88. The number of carboxylic acids is 1. The number of nitrogens with zero attached hydrogens (tertiary/aromatic N) is 2. The van der Waals surface area contributed by atoms with Gasteiger partial charge in [-0.2, -0.15) is 0 Å². The third-order valence-electron chi connectivity index (χ3n) is 9.01. The lowest BCUT2D eigenvalue weighted by molar-refractivity contribution is -0.142. The highest BCUT2D eigenvalue weighted by molar-refractivity contribution is 5.96. The summed E-state index contributed by atoms with van der Waals surface area (Å²) >= 11 is 0. The van der Waals surface area contributed by atoms with Crippen molar-refractivity contribution in [1.29, 1.82) is 0 Å². The smallest absolute Gasteiger partial charge is 0.326 e. The molecule has 5 atom stereocenters. The van der Waals surface area contributed by atoms with E-state index in [2.05, 4.69) is 41.9 Å². The van der Waals surface area contributed by atoms with E-state index in [1.165, 1.54) is 12.1 Å². The van der Waals surface area contributed by atoms with Gasteiger partial charge in [-0.3, -0.25) is 38.8 Å². The minimum absolute atomic E-state index is 0.00701. The Morgan fingerprint density at radius 1 is 0.597 bits per heavy atom. The van der Waals surface area contributed by atoms with Crippen molar-refractivity contribution in [3.8, 4) is 5.75 Å². The van der Waals surface area contributed by atoms with Gasteiger partial charge in [0.1, 0.15) is 29.9 Å². The number of nitrogens with one attached hydrogen (secondary N) is 6. The van der Waals surface area contributed by atoms with Crippen LogP contribution in [0.2, 0.25) is 0 Å². The van der Waals surface area contributed by atoms with Gasteiger partial charge in [-0.15, -0.1) is 0 Å². The molecule has 0 spiro atoms. The summed E-state index contributed by atoms with van der Waals surface area (Å²) in [5.74, 6) is -6.15. The molecule has 0 aliphatic rings. The summed E-state index contributed by atoms with van der Waals surface area (Å²) in [6.07, 6.45) is 0.651. The van der Waals surface area contributed by atoms with Crippen LogP contribution in [0.25, 0.3) is 0 Å². The van der Waals surface area contributed by atoms with E-state index in [9.17, 15) is 43.8 Å². The number of rotatable bonds is 27. The van der Waals surface area contributed by atoms with Crippen LogP contribution in [-0.2, 0) is 46.4 Å². The van der Waals surface area contributed by atoms with E-state index in [0.29, 0.717) is 11.1 Å². The SMILES string of the molecule is CC(C)CC(NC(=O)C(Cc1ccccc1)NC(=O)CNC(=O)CNC(=O)C(N)Cc1ccc(O)cc1)C(=O)NC(CCCN=C(N)N)C(=O)NC(CCCN=C(N)N)C(=O)O. The van der Waals surface area contributed by atoms with Gasteiger partial charge in [0.05, 0.1) is 19.1 Å². The van der Waals surface area contributed by atoms with Gasteiger partial charge in [0.2, 0.25) is 35.4 Å². The topological polar surface area (TPSA) is 387 Å². The van der Waals surface area contributed by atoms with Crippen molar-refractivity contribution in [2.75, 3.05) is 26.2 Å². The highest BCUT2D eigenvalue weighted by Gasteiger charge is 2.32. The van der Waals surface area contributed by atoms with E-state index in [0.717, 1.165) is 0 Å². The monoisotopic (exact) mass is 867 g/mol. The summed E-state index contributed by atoms with van der Waals surface area (Å²) in [6, 6.07) is 8.79. The number of phenolic OH excluding ortho intramolecular Hbond substituents is 1. The fourth-order valence-corrected chi connectivity index (χ4v) is 5.88. The Labute approximate surface area is 359 Å². The molecule has 0 fully saturated rings.